The third-order valence-electron chi connectivity index (χ3n) is 5.58. The Balaban J connectivity index is 1.74. The fourth-order valence-electron chi connectivity index (χ4n) is 4.11. The van der Waals surface area contributed by atoms with Crippen LogP contribution in [-0.4, -0.2) is 17.9 Å². The molecule has 1 aliphatic rings. The van der Waals surface area contributed by atoms with E-state index in [9.17, 15) is 14.0 Å². The highest BCUT2D eigenvalue weighted by Gasteiger charge is 2.34. The van der Waals surface area contributed by atoms with Crippen LogP contribution in [0.15, 0.2) is 72.1 Å². The number of nitrogens with one attached hydrogen (secondary N) is 1. The first-order chi connectivity index (χ1) is 15.1. The van der Waals surface area contributed by atoms with Crippen LogP contribution < -0.4 is 10.2 Å². The second-order valence-corrected chi connectivity index (χ2v) is 8.84. The highest BCUT2D eigenvalue weighted by atomic mass is 32.1. The first-order valence-corrected chi connectivity index (χ1v) is 11.4. The van der Waals surface area contributed by atoms with Crippen molar-refractivity contribution in [2.75, 3.05) is 4.90 Å². The number of nitrogens with zero attached hydrogens (tertiary/aromatic N) is 1. The zero-order valence-electron chi connectivity index (χ0n) is 17.2. The predicted octanol–water partition coefficient (Wildman–Crippen LogP) is 5.26. The van der Waals surface area contributed by atoms with Crippen LogP contribution in [-0.2, 0) is 16.0 Å². The van der Waals surface area contributed by atoms with E-state index in [2.05, 4.69) is 5.32 Å². The number of rotatable bonds is 7. The standard InChI is InChI=1S/C25H25FN2O2S/c26-19-10-6-13-21(16-19)28(23(29)17-22-14-7-15-31-22)24(18-8-2-1-3-9-18)25(30)27-20-11-4-5-12-20/h1-3,6-10,13-16,20,24H,4-5,11-12,17H2,(H,27,30)/t24-/m0/s1. The SMILES string of the molecule is O=C(NC1CCCC1)[C@H](c1ccccc1)N(C(=O)Cc1cccs1)c1cccc(F)c1. The van der Waals surface area contributed by atoms with E-state index in [0.717, 1.165) is 30.6 Å². The van der Waals surface area contributed by atoms with Crippen molar-refractivity contribution in [3.63, 3.8) is 0 Å². The van der Waals surface area contributed by atoms with Crippen molar-refractivity contribution in [3.05, 3.63) is 88.4 Å². The molecule has 4 nitrogen and oxygen atoms in total. The number of carbonyl (C=O) groups excluding carboxylic acids is 2. The lowest BCUT2D eigenvalue weighted by molar-refractivity contribution is -0.127. The van der Waals surface area contributed by atoms with Crippen LogP contribution in [0.4, 0.5) is 10.1 Å². The Morgan fingerprint density at radius 3 is 2.48 bits per heavy atom. The lowest BCUT2D eigenvalue weighted by Crippen LogP contribution is -2.46. The number of thiophene rings is 1. The summed E-state index contributed by atoms with van der Waals surface area (Å²) in [5.74, 6) is -0.931. The van der Waals surface area contributed by atoms with E-state index in [1.54, 1.807) is 12.1 Å². The summed E-state index contributed by atoms with van der Waals surface area (Å²) < 4.78 is 14.1. The second-order valence-electron chi connectivity index (χ2n) is 7.80. The van der Waals surface area contributed by atoms with Crippen LogP contribution in [0, 0.1) is 5.82 Å². The summed E-state index contributed by atoms with van der Waals surface area (Å²) in [5, 5.41) is 5.05. The minimum atomic E-state index is -0.879. The molecule has 1 fully saturated rings. The summed E-state index contributed by atoms with van der Waals surface area (Å²) in [7, 11) is 0. The average Bonchev–Trinajstić information content (AvgIpc) is 3.46. The molecule has 2 amide bonds. The fourth-order valence-corrected chi connectivity index (χ4v) is 4.81. The number of anilines is 1. The number of amides is 2. The van der Waals surface area contributed by atoms with E-state index in [4.69, 9.17) is 0 Å². The summed E-state index contributed by atoms with van der Waals surface area (Å²) in [6, 6.07) is 18.1. The lowest BCUT2D eigenvalue weighted by Gasteiger charge is -2.32. The Hall–Kier alpha value is -2.99. The molecule has 1 saturated carbocycles. The molecule has 0 radical (unpaired) electrons. The molecule has 1 aromatic heterocycles. The molecular formula is C25H25FN2O2S. The Kier molecular flexibility index (Phi) is 6.77. The van der Waals surface area contributed by atoms with Gasteiger partial charge in [-0.2, -0.15) is 0 Å². The summed E-state index contributed by atoms with van der Waals surface area (Å²) in [4.78, 5) is 29.4. The third kappa shape index (κ3) is 5.20. The third-order valence-corrected chi connectivity index (χ3v) is 6.46. The number of hydrogen-bond donors (Lipinski definition) is 1. The van der Waals surface area contributed by atoms with E-state index in [0.29, 0.717) is 11.3 Å². The zero-order valence-corrected chi connectivity index (χ0v) is 18.0. The van der Waals surface area contributed by atoms with Gasteiger partial charge in [0.15, 0.2) is 0 Å². The van der Waals surface area contributed by atoms with Crippen molar-refractivity contribution in [2.45, 2.75) is 44.2 Å². The molecule has 0 unspecified atom stereocenters. The van der Waals surface area contributed by atoms with Crippen molar-refractivity contribution < 1.29 is 14.0 Å². The number of hydrogen-bond acceptors (Lipinski definition) is 3. The Labute approximate surface area is 185 Å². The van der Waals surface area contributed by atoms with Crippen molar-refractivity contribution in [1.29, 1.82) is 0 Å². The molecule has 0 bridgehead atoms. The molecule has 4 rings (SSSR count). The van der Waals surface area contributed by atoms with Gasteiger partial charge in [-0.15, -0.1) is 11.3 Å². The van der Waals surface area contributed by atoms with Gasteiger partial charge < -0.3 is 5.32 Å². The Bertz CT molecular complexity index is 1020. The fraction of sp³-hybridized carbons (Fsp3) is 0.280. The van der Waals surface area contributed by atoms with Crippen molar-refractivity contribution in [2.24, 2.45) is 0 Å². The van der Waals surface area contributed by atoms with Crippen LogP contribution >= 0.6 is 11.3 Å². The van der Waals surface area contributed by atoms with Gasteiger partial charge in [-0.05, 0) is 48.1 Å². The number of halogens is 1. The maximum absolute atomic E-state index is 14.1. The maximum atomic E-state index is 14.1. The van der Waals surface area contributed by atoms with Gasteiger partial charge >= 0.3 is 0 Å². The van der Waals surface area contributed by atoms with Crippen LogP contribution in [0.5, 0.6) is 0 Å². The molecule has 0 aliphatic heterocycles. The van der Waals surface area contributed by atoms with Gasteiger partial charge in [0.25, 0.3) is 0 Å². The van der Waals surface area contributed by atoms with Gasteiger partial charge in [-0.25, -0.2) is 4.39 Å². The first kappa shape index (κ1) is 21.2. The molecule has 3 aromatic rings. The topological polar surface area (TPSA) is 49.4 Å². The first-order valence-electron chi connectivity index (χ1n) is 10.6. The highest BCUT2D eigenvalue weighted by molar-refractivity contribution is 7.10. The molecule has 31 heavy (non-hydrogen) atoms. The molecule has 6 heteroatoms. The Morgan fingerprint density at radius 2 is 1.81 bits per heavy atom. The van der Waals surface area contributed by atoms with E-state index in [1.807, 2.05) is 47.8 Å². The number of carbonyl (C=O) groups is 2. The summed E-state index contributed by atoms with van der Waals surface area (Å²) in [6.07, 6.45) is 4.21. The molecular weight excluding hydrogens is 411 g/mol. The summed E-state index contributed by atoms with van der Waals surface area (Å²) >= 11 is 1.49. The van der Waals surface area contributed by atoms with Gasteiger partial charge in [0.05, 0.1) is 6.42 Å². The van der Waals surface area contributed by atoms with E-state index in [1.165, 1.54) is 28.4 Å². The molecule has 1 N–H and O–H groups in total. The van der Waals surface area contributed by atoms with Crippen LogP contribution in [0.3, 0.4) is 0 Å². The molecule has 0 spiro atoms. The minimum Gasteiger partial charge on any atom is -0.351 e. The maximum Gasteiger partial charge on any atom is 0.248 e. The van der Waals surface area contributed by atoms with Gasteiger partial charge in [-0.1, -0.05) is 55.3 Å². The number of benzene rings is 2. The van der Waals surface area contributed by atoms with Gasteiger partial charge in [0.1, 0.15) is 11.9 Å². The van der Waals surface area contributed by atoms with E-state index < -0.39 is 11.9 Å². The molecule has 1 atom stereocenters. The normalized spacial score (nSPS) is 14.9. The average molecular weight is 437 g/mol. The van der Waals surface area contributed by atoms with Gasteiger partial charge in [-0.3, -0.25) is 14.5 Å². The second kappa shape index (κ2) is 9.88. The summed E-state index contributed by atoms with van der Waals surface area (Å²) in [6.45, 7) is 0. The molecule has 1 heterocycles. The van der Waals surface area contributed by atoms with Crippen molar-refractivity contribution >= 4 is 28.8 Å². The van der Waals surface area contributed by atoms with E-state index in [-0.39, 0.29) is 24.3 Å². The molecule has 1 aliphatic carbocycles. The monoisotopic (exact) mass is 436 g/mol. The van der Waals surface area contributed by atoms with Gasteiger partial charge in [0.2, 0.25) is 11.8 Å². The van der Waals surface area contributed by atoms with Crippen molar-refractivity contribution in [1.82, 2.24) is 5.32 Å². The zero-order chi connectivity index (χ0) is 21.6. The summed E-state index contributed by atoms with van der Waals surface area (Å²) in [5.41, 5.74) is 1.07. The van der Waals surface area contributed by atoms with Crippen LogP contribution in [0.25, 0.3) is 0 Å². The Morgan fingerprint density at radius 1 is 1.03 bits per heavy atom. The lowest BCUT2D eigenvalue weighted by atomic mass is 10.0. The molecule has 2 aromatic carbocycles. The predicted molar refractivity (Wildman–Crippen MR) is 121 cm³/mol. The smallest absolute Gasteiger partial charge is 0.248 e. The quantitative estimate of drug-likeness (QED) is 0.549. The van der Waals surface area contributed by atoms with Crippen LogP contribution in [0.1, 0.15) is 42.2 Å². The highest BCUT2D eigenvalue weighted by Crippen LogP contribution is 2.30. The van der Waals surface area contributed by atoms with Crippen molar-refractivity contribution in [3.8, 4) is 0 Å². The van der Waals surface area contributed by atoms with Gasteiger partial charge in [0, 0.05) is 16.6 Å². The largest absolute Gasteiger partial charge is 0.351 e. The molecule has 160 valence electrons. The molecule has 0 saturated heterocycles. The van der Waals surface area contributed by atoms with E-state index >= 15 is 0 Å². The minimum absolute atomic E-state index is 0.112. The van der Waals surface area contributed by atoms with Crippen LogP contribution in [0.2, 0.25) is 0 Å².